The third kappa shape index (κ3) is 5.47. The summed E-state index contributed by atoms with van der Waals surface area (Å²) >= 11 is 1.24. The lowest BCUT2D eigenvalue weighted by molar-refractivity contribution is 0.0958. The zero-order valence-electron chi connectivity index (χ0n) is 11.6. The van der Waals surface area contributed by atoms with E-state index in [1.54, 1.807) is 7.11 Å². The highest BCUT2D eigenvalue weighted by Gasteiger charge is 2.15. The molecule has 110 valence electrons. The molecule has 0 atom stereocenters. The van der Waals surface area contributed by atoms with Gasteiger partial charge in [-0.15, -0.1) is 12.3 Å². The number of nitrogens with zero attached hydrogens (tertiary/aromatic N) is 1. The largest absolute Gasteiger partial charge is 0.383 e. The van der Waals surface area contributed by atoms with Gasteiger partial charge in [-0.2, -0.15) is 0 Å². The minimum absolute atomic E-state index is 0.194. The van der Waals surface area contributed by atoms with Gasteiger partial charge < -0.3 is 21.1 Å². The molecule has 7 heteroatoms. The SMILES string of the molecule is C#CCCCCNC(=O)c1sc(NCCOC)nc1N. The van der Waals surface area contributed by atoms with Gasteiger partial charge >= 0.3 is 0 Å². The first-order valence-corrected chi connectivity index (χ1v) is 7.21. The predicted molar refractivity (Wildman–Crippen MR) is 81.9 cm³/mol. The lowest BCUT2D eigenvalue weighted by Crippen LogP contribution is -2.24. The van der Waals surface area contributed by atoms with Crippen molar-refractivity contribution in [1.82, 2.24) is 10.3 Å². The van der Waals surface area contributed by atoms with E-state index < -0.39 is 0 Å². The first-order valence-electron chi connectivity index (χ1n) is 6.39. The molecule has 0 unspecified atom stereocenters. The van der Waals surface area contributed by atoms with Gasteiger partial charge in [0, 0.05) is 26.6 Å². The van der Waals surface area contributed by atoms with Crippen LogP contribution in [0.1, 0.15) is 28.9 Å². The fourth-order valence-corrected chi connectivity index (χ4v) is 2.29. The topological polar surface area (TPSA) is 89.3 Å². The van der Waals surface area contributed by atoms with Crippen molar-refractivity contribution in [2.24, 2.45) is 0 Å². The number of anilines is 2. The lowest BCUT2D eigenvalue weighted by atomic mass is 10.2. The Balaban J connectivity index is 2.41. The number of terminal acetylenes is 1. The molecular formula is C13H20N4O2S. The molecule has 6 nitrogen and oxygen atoms in total. The van der Waals surface area contributed by atoms with Gasteiger partial charge in [-0.3, -0.25) is 4.79 Å². The van der Waals surface area contributed by atoms with E-state index in [9.17, 15) is 4.79 Å². The molecule has 0 bridgehead atoms. The van der Waals surface area contributed by atoms with Crippen molar-refractivity contribution in [3.63, 3.8) is 0 Å². The second-order valence-corrected chi connectivity index (χ2v) is 5.07. The van der Waals surface area contributed by atoms with Gasteiger partial charge in [-0.05, 0) is 12.8 Å². The monoisotopic (exact) mass is 296 g/mol. The van der Waals surface area contributed by atoms with E-state index >= 15 is 0 Å². The summed E-state index contributed by atoms with van der Waals surface area (Å²) in [6.07, 6.45) is 7.64. The molecule has 0 aliphatic rings. The Morgan fingerprint density at radius 3 is 3.00 bits per heavy atom. The minimum atomic E-state index is -0.194. The highest BCUT2D eigenvalue weighted by Crippen LogP contribution is 2.24. The van der Waals surface area contributed by atoms with Crippen molar-refractivity contribution in [2.45, 2.75) is 19.3 Å². The molecule has 0 spiro atoms. The second kappa shape index (κ2) is 9.18. The molecule has 4 N–H and O–H groups in total. The Labute approximate surface area is 123 Å². The number of unbranched alkanes of at least 4 members (excludes halogenated alkanes) is 2. The summed E-state index contributed by atoms with van der Waals surface area (Å²) in [5, 5.41) is 6.48. The number of carbonyl (C=O) groups is 1. The van der Waals surface area contributed by atoms with E-state index in [1.807, 2.05) is 0 Å². The van der Waals surface area contributed by atoms with Crippen molar-refractivity contribution >= 4 is 28.2 Å². The summed E-state index contributed by atoms with van der Waals surface area (Å²) in [4.78, 5) is 16.5. The maximum absolute atomic E-state index is 11.9. The maximum atomic E-state index is 11.9. The van der Waals surface area contributed by atoms with Crippen LogP contribution in [0, 0.1) is 12.3 Å². The molecule has 0 saturated heterocycles. The molecule has 1 heterocycles. The van der Waals surface area contributed by atoms with Crippen LogP contribution < -0.4 is 16.4 Å². The number of hydrogen-bond acceptors (Lipinski definition) is 6. The summed E-state index contributed by atoms with van der Waals surface area (Å²) < 4.78 is 4.92. The molecule has 0 radical (unpaired) electrons. The summed E-state index contributed by atoms with van der Waals surface area (Å²) in [7, 11) is 1.62. The van der Waals surface area contributed by atoms with Crippen LogP contribution >= 0.6 is 11.3 Å². The van der Waals surface area contributed by atoms with Crippen LogP contribution in [0.2, 0.25) is 0 Å². The molecular weight excluding hydrogens is 276 g/mol. The molecule has 0 saturated carbocycles. The molecule has 0 aliphatic carbocycles. The number of hydrogen-bond donors (Lipinski definition) is 3. The van der Waals surface area contributed by atoms with Crippen molar-refractivity contribution in [2.75, 3.05) is 37.9 Å². The molecule has 0 aliphatic heterocycles. The average Bonchev–Trinajstić information content (AvgIpc) is 2.80. The fraction of sp³-hybridized carbons (Fsp3) is 0.538. The van der Waals surface area contributed by atoms with Gasteiger partial charge in [0.15, 0.2) is 5.13 Å². The van der Waals surface area contributed by atoms with Gasteiger partial charge in [0.2, 0.25) is 0 Å². The van der Waals surface area contributed by atoms with Crippen LogP contribution in [-0.2, 0) is 4.74 Å². The number of methoxy groups -OCH3 is 1. The quantitative estimate of drug-likeness (QED) is 0.472. The number of aromatic nitrogens is 1. The molecule has 1 aromatic rings. The number of nitrogen functional groups attached to an aromatic ring is 1. The highest BCUT2D eigenvalue weighted by molar-refractivity contribution is 7.18. The number of ether oxygens (including phenoxy) is 1. The minimum Gasteiger partial charge on any atom is -0.383 e. The van der Waals surface area contributed by atoms with E-state index in [1.165, 1.54) is 11.3 Å². The molecule has 20 heavy (non-hydrogen) atoms. The van der Waals surface area contributed by atoms with E-state index in [-0.39, 0.29) is 11.7 Å². The maximum Gasteiger partial charge on any atom is 0.265 e. The number of nitrogens with one attached hydrogen (secondary N) is 2. The van der Waals surface area contributed by atoms with Crippen molar-refractivity contribution < 1.29 is 9.53 Å². The van der Waals surface area contributed by atoms with Gasteiger partial charge in [0.05, 0.1) is 6.61 Å². The Kier molecular flexibility index (Phi) is 7.47. The predicted octanol–water partition coefficient (Wildman–Crippen LogP) is 1.32. The van der Waals surface area contributed by atoms with Crippen molar-refractivity contribution in [3.05, 3.63) is 4.88 Å². The number of thiazole rings is 1. The van der Waals surface area contributed by atoms with Crippen LogP contribution in [0.25, 0.3) is 0 Å². The Morgan fingerprint density at radius 1 is 1.50 bits per heavy atom. The molecule has 1 aromatic heterocycles. The van der Waals surface area contributed by atoms with Gasteiger partial charge in [-0.1, -0.05) is 11.3 Å². The number of rotatable bonds is 9. The Bertz CT molecular complexity index is 467. The van der Waals surface area contributed by atoms with Crippen LogP contribution in [0.5, 0.6) is 0 Å². The second-order valence-electron chi connectivity index (χ2n) is 4.07. The third-order valence-corrected chi connectivity index (χ3v) is 3.50. The Morgan fingerprint density at radius 2 is 2.30 bits per heavy atom. The van der Waals surface area contributed by atoms with Crippen LogP contribution in [0.3, 0.4) is 0 Å². The standard InChI is InChI=1S/C13H20N4O2S/c1-3-4-5-6-7-15-12(18)10-11(14)17-13(20-10)16-8-9-19-2/h1H,4-9,14H2,2H3,(H,15,18)(H,16,17). The molecule has 1 rings (SSSR count). The molecule has 1 amide bonds. The van der Waals surface area contributed by atoms with Crippen LogP contribution in [-0.4, -0.2) is 37.7 Å². The average molecular weight is 296 g/mol. The van der Waals surface area contributed by atoms with Gasteiger partial charge in [0.1, 0.15) is 10.7 Å². The van der Waals surface area contributed by atoms with E-state index in [0.717, 1.165) is 19.3 Å². The number of amides is 1. The molecule has 0 aromatic carbocycles. The summed E-state index contributed by atoms with van der Waals surface area (Å²) in [5.41, 5.74) is 5.74. The number of nitrogens with two attached hydrogens (primary N) is 1. The number of carbonyl (C=O) groups excluding carboxylic acids is 1. The third-order valence-electron chi connectivity index (χ3n) is 2.48. The first kappa shape index (κ1) is 16.3. The summed E-state index contributed by atoms with van der Waals surface area (Å²) in [6.45, 7) is 1.77. The molecule has 0 fully saturated rings. The van der Waals surface area contributed by atoms with E-state index in [2.05, 4.69) is 21.5 Å². The van der Waals surface area contributed by atoms with Crippen molar-refractivity contribution in [1.29, 1.82) is 0 Å². The summed E-state index contributed by atoms with van der Waals surface area (Å²) in [5.74, 6) is 2.62. The van der Waals surface area contributed by atoms with E-state index in [4.69, 9.17) is 16.9 Å². The normalized spacial score (nSPS) is 10.0. The van der Waals surface area contributed by atoms with Crippen molar-refractivity contribution in [3.8, 4) is 12.3 Å². The van der Waals surface area contributed by atoms with Crippen LogP contribution in [0.15, 0.2) is 0 Å². The Hall–Kier alpha value is -1.78. The fourth-order valence-electron chi connectivity index (χ4n) is 1.46. The smallest absolute Gasteiger partial charge is 0.265 e. The highest BCUT2D eigenvalue weighted by atomic mass is 32.1. The lowest BCUT2D eigenvalue weighted by Gasteiger charge is -2.02. The van der Waals surface area contributed by atoms with Crippen LogP contribution in [0.4, 0.5) is 10.9 Å². The van der Waals surface area contributed by atoms with E-state index in [0.29, 0.717) is 29.7 Å². The van der Waals surface area contributed by atoms with Gasteiger partial charge in [0.25, 0.3) is 5.91 Å². The zero-order chi connectivity index (χ0) is 14.8. The zero-order valence-corrected chi connectivity index (χ0v) is 12.4. The van der Waals surface area contributed by atoms with Gasteiger partial charge in [-0.25, -0.2) is 4.98 Å². The summed E-state index contributed by atoms with van der Waals surface area (Å²) in [6, 6.07) is 0. The first-order chi connectivity index (χ1) is 9.69.